The van der Waals surface area contributed by atoms with Crippen molar-refractivity contribution in [3.05, 3.63) is 41.2 Å². The molecular formula is C21H29F2N3OS. The number of hydrogen-bond acceptors (Lipinski definition) is 4. The summed E-state index contributed by atoms with van der Waals surface area (Å²) >= 11 is 1.42. The second-order valence-corrected chi connectivity index (χ2v) is 8.64. The second kappa shape index (κ2) is 9.16. The van der Waals surface area contributed by atoms with E-state index < -0.39 is 5.92 Å². The quantitative estimate of drug-likeness (QED) is 0.417. The van der Waals surface area contributed by atoms with Gasteiger partial charge in [0, 0.05) is 37.0 Å². The Hall–Kier alpha value is -1.76. The molecule has 2 aliphatic carbocycles. The monoisotopic (exact) mass is 409 g/mol. The summed E-state index contributed by atoms with van der Waals surface area (Å²) in [6.45, 7) is 1.84. The van der Waals surface area contributed by atoms with Gasteiger partial charge in [-0.3, -0.25) is 4.79 Å². The van der Waals surface area contributed by atoms with E-state index >= 15 is 0 Å². The topological polar surface area (TPSA) is 53.2 Å². The third-order valence-corrected chi connectivity index (χ3v) is 6.49. The Morgan fingerprint density at radius 3 is 2.57 bits per heavy atom. The van der Waals surface area contributed by atoms with Gasteiger partial charge in [-0.2, -0.15) is 0 Å². The van der Waals surface area contributed by atoms with Gasteiger partial charge in [-0.1, -0.05) is 24.1 Å². The first kappa shape index (κ1) is 21.0. The Balaban J connectivity index is 1.54. The van der Waals surface area contributed by atoms with E-state index in [9.17, 15) is 13.6 Å². The van der Waals surface area contributed by atoms with Crippen molar-refractivity contribution in [2.24, 2.45) is 5.92 Å². The highest BCUT2D eigenvalue weighted by atomic mass is 32.2. The van der Waals surface area contributed by atoms with E-state index in [1.54, 1.807) is 7.05 Å². The molecule has 154 valence electrons. The SMILES string of the molecule is CN/C(C)=C(/NSCC1CCC(F)(F)CC1)C(=O)Nc1cccc(C2CC2)c1. The maximum atomic E-state index is 13.3. The summed E-state index contributed by atoms with van der Waals surface area (Å²) in [6.07, 6.45) is 3.43. The minimum Gasteiger partial charge on any atom is -0.390 e. The molecule has 7 heteroatoms. The average molecular weight is 410 g/mol. The van der Waals surface area contributed by atoms with Crippen LogP contribution in [0.2, 0.25) is 0 Å². The minimum atomic E-state index is -2.50. The summed E-state index contributed by atoms with van der Waals surface area (Å²) in [5.74, 6) is -1.12. The number of amides is 1. The molecule has 0 heterocycles. The molecule has 28 heavy (non-hydrogen) atoms. The molecule has 1 aromatic carbocycles. The van der Waals surface area contributed by atoms with Crippen molar-refractivity contribution in [1.29, 1.82) is 0 Å². The average Bonchev–Trinajstić information content (AvgIpc) is 3.51. The van der Waals surface area contributed by atoms with Gasteiger partial charge in [-0.25, -0.2) is 8.78 Å². The maximum Gasteiger partial charge on any atom is 0.274 e. The smallest absolute Gasteiger partial charge is 0.274 e. The Kier molecular flexibility index (Phi) is 6.86. The second-order valence-electron chi connectivity index (χ2n) is 7.82. The zero-order valence-electron chi connectivity index (χ0n) is 16.5. The lowest BCUT2D eigenvalue weighted by atomic mass is 9.88. The van der Waals surface area contributed by atoms with E-state index in [1.807, 2.05) is 25.1 Å². The van der Waals surface area contributed by atoms with Crippen LogP contribution in [-0.2, 0) is 4.79 Å². The van der Waals surface area contributed by atoms with Gasteiger partial charge >= 0.3 is 0 Å². The van der Waals surface area contributed by atoms with Crippen LogP contribution < -0.4 is 15.4 Å². The molecule has 3 N–H and O–H groups in total. The molecule has 0 bridgehead atoms. The number of anilines is 1. The third-order valence-electron chi connectivity index (χ3n) is 5.50. The maximum absolute atomic E-state index is 13.3. The fraction of sp³-hybridized carbons (Fsp3) is 0.571. The van der Waals surface area contributed by atoms with Crippen LogP contribution in [0.1, 0.15) is 56.9 Å². The summed E-state index contributed by atoms with van der Waals surface area (Å²) in [7, 11) is 1.77. The number of nitrogens with one attached hydrogen (secondary N) is 3. The van der Waals surface area contributed by atoms with Crippen LogP contribution in [-0.4, -0.2) is 24.6 Å². The molecule has 2 saturated carbocycles. The van der Waals surface area contributed by atoms with Crippen LogP contribution in [0.4, 0.5) is 14.5 Å². The lowest BCUT2D eigenvalue weighted by Crippen LogP contribution is -2.28. The number of alkyl halides is 2. The molecule has 0 unspecified atom stereocenters. The first-order valence-corrected chi connectivity index (χ1v) is 10.9. The molecule has 1 aromatic rings. The zero-order valence-corrected chi connectivity index (χ0v) is 17.3. The van der Waals surface area contributed by atoms with Crippen LogP contribution in [0.15, 0.2) is 35.7 Å². The standard InChI is InChI=1S/C21H29F2N3OS/c1-14(24-2)19(26-28-13-15-8-10-21(22,23)11-9-15)20(27)25-18-5-3-4-17(12-18)16-6-7-16/h3-5,12,15-16,24,26H,6-11,13H2,1-2H3,(H,25,27)/b19-14+. The number of hydrogen-bond donors (Lipinski definition) is 3. The largest absolute Gasteiger partial charge is 0.390 e. The predicted octanol–water partition coefficient (Wildman–Crippen LogP) is 5.02. The molecular weight excluding hydrogens is 380 g/mol. The summed E-state index contributed by atoms with van der Waals surface area (Å²) in [5.41, 5.74) is 3.26. The van der Waals surface area contributed by atoms with Gasteiger partial charge in [0.15, 0.2) is 0 Å². The van der Waals surface area contributed by atoms with E-state index in [4.69, 9.17) is 0 Å². The van der Waals surface area contributed by atoms with E-state index in [1.165, 1.54) is 30.4 Å². The fourth-order valence-corrected chi connectivity index (χ4v) is 4.44. The van der Waals surface area contributed by atoms with Crippen LogP contribution in [0.5, 0.6) is 0 Å². The Bertz CT molecular complexity index is 724. The molecule has 2 aliphatic rings. The highest BCUT2D eigenvalue weighted by Gasteiger charge is 2.34. The summed E-state index contributed by atoms with van der Waals surface area (Å²) in [6, 6.07) is 8.01. The highest BCUT2D eigenvalue weighted by molar-refractivity contribution is 7.97. The van der Waals surface area contributed by atoms with Gasteiger partial charge in [0.2, 0.25) is 5.92 Å². The lowest BCUT2D eigenvalue weighted by Gasteiger charge is -2.28. The van der Waals surface area contributed by atoms with Gasteiger partial charge in [0.05, 0.1) is 0 Å². The number of benzene rings is 1. The number of allylic oxidation sites excluding steroid dienone is 1. The molecule has 0 radical (unpaired) electrons. The van der Waals surface area contributed by atoms with E-state index in [2.05, 4.69) is 21.4 Å². The van der Waals surface area contributed by atoms with Gasteiger partial charge in [0.25, 0.3) is 5.91 Å². The van der Waals surface area contributed by atoms with Gasteiger partial charge < -0.3 is 15.4 Å². The molecule has 1 amide bonds. The number of rotatable bonds is 8. The lowest BCUT2D eigenvalue weighted by molar-refractivity contribution is -0.113. The number of carbonyl (C=O) groups excluding carboxylic acids is 1. The molecule has 4 nitrogen and oxygen atoms in total. The highest BCUT2D eigenvalue weighted by Crippen LogP contribution is 2.40. The Labute approximate surface area is 170 Å². The van der Waals surface area contributed by atoms with Crippen molar-refractivity contribution < 1.29 is 13.6 Å². The summed E-state index contributed by atoms with van der Waals surface area (Å²) in [5, 5.41) is 5.98. The predicted molar refractivity (Wildman–Crippen MR) is 111 cm³/mol. The van der Waals surface area contributed by atoms with E-state index in [-0.39, 0.29) is 24.7 Å². The van der Waals surface area contributed by atoms with Gasteiger partial charge in [0.1, 0.15) is 5.70 Å². The number of halogens is 2. The van der Waals surface area contributed by atoms with Crippen LogP contribution in [0, 0.1) is 5.92 Å². The van der Waals surface area contributed by atoms with Gasteiger partial charge in [-0.05, 0) is 62.1 Å². The molecule has 0 atom stereocenters. The third kappa shape index (κ3) is 5.87. The first-order chi connectivity index (χ1) is 13.4. The van der Waals surface area contributed by atoms with Crippen molar-refractivity contribution in [2.45, 2.75) is 57.3 Å². The summed E-state index contributed by atoms with van der Waals surface area (Å²) in [4.78, 5) is 12.8. The molecule has 0 aliphatic heterocycles. The van der Waals surface area contributed by atoms with Crippen LogP contribution in [0.3, 0.4) is 0 Å². The van der Waals surface area contributed by atoms with E-state index in [0.29, 0.717) is 30.2 Å². The van der Waals surface area contributed by atoms with Crippen molar-refractivity contribution in [1.82, 2.24) is 10.0 Å². The van der Waals surface area contributed by atoms with Crippen LogP contribution >= 0.6 is 11.9 Å². The van der Waals surface area contributed by atoms with Crippen molar-refractivity contribution >= 4 is 23.5 Å². The van der Waals surface area contributed by atoms with Crippen molar-refractivity contribution in [2.75, 3.05) is 18.1 Å². The minimum absolute atomic E-state index is 0.0334. The zero-order chi connectivity index (χ0) is 20.1. The summed E-state index contributed by atoms with van der Waals surface area (Å²) < 4.78 is 29.7. The Morgan fingerprint density at radius 1 is 1.21 bits per heavy atom. The first-order valence-electron chi connectivity index (χ1n) is 9.93. The molecule has 2 fully saturated rings. The Morgan fingerprint density at radius 2 is 1.93 bits per heavy atom. The molecule has 3 rings (SSSR count). The normalized spacial score (nSPS) is 20.3. The molecule has 0 aromatic heterocycles. The molecule has 0 spiro atoms. The number of carbonyl (C=O) groups is 1. The van der Waals surface area contributed by atoms with Gasteiger partial charge in [-0.15, -0.1) is 0 Å². The van der Waals surface area contributed by atoms with Crippen molar-refractivity contribution in [3.63, 3.8) is 0 Å². The fourth-order valence-electron chi connectivity index (χ4n) is 3.40. The van der Waals surface area contributed by atoms with E-state index in [0.717, 1.165) is 11.4 Å². The van der Waals surface area contributed by atoms with Crippen molar-refractivity contribution in [3.8, 4) is 0 Å². The molecule has 0 saturated heterocycles. The van der Waals surface area contributed by atoms with Crippen LogP contribution in [0.25, 0.3) is 0 Å².